The van der Waals surface area contributed by atoms with E-state index in [1.54, 1.807) is 43.5 Å². The predicted octanol–water partition coefficient (Wildman–Crippen LogP) is 4.02. The Morgan fingerprint density at radius 3 is 2.37 bits per heavy atom. The zero-order valence-electron chi connectivity index (χ0n) is 10.2. The SMILES string of the molecule is COc1ccc(N=Nc2cccc([N+](=O)[O-])c2)cc1. The van der Waals surface area contributed by atoms with Crippen LogP contribution < -0.4 is 4.74 Å². The van der Waals surface area contributed by atoms with Gasteiger partial charge >= 0.3 is 0 Å². The summed E-state index contributed by atoms with van der Waals surface area (Å²) in [4.78, 5) is 10.2. The Bertz CT molecular complexity index is 609. The fraction of sp³-hybridized carbons (Fsp3) is 0.0769. The van der Waals surface area contributed by atoms with Crippen molar-refractivity contribution in [2.24, 2.45) is 10.2 Å². The van der Waals surface area contributed by atoms with Crippen LogP contribution in [-0.4, -0.2) is 12.0 Å². The summed E-state index contributed by atoms with van der Waals surface area (Å²) >= 11 is 0. The Balaban J connectivity index is 2.17. The van der Waals surface area contributed by atoms with Crippen molar-refractivity contribution in [3.63, 3.8) is 0 Å². The zero-order chi connectivity index (χ0) is 13.7. The highest BCUT2D eigenvalue weighted by molar-refractivity contribution is 5.47. The number of hydrogen-bond donors (Lipinski definition) is 0. The molecule has 0 saturated carbocycles. The third kappa shape index (κ3) is 3.35. The summed E-state index contributed by atoms with van der Waals surface area (Å²) in [5, 5.41) is 18.6. The van der Waals surface area contributed by atoms with Crippen molar-refractivity contribution in [2.75, 3.05) is 7.11 Å². The van der Waals surface area contributed by atoms with E-state index in [2.05, 4.69) is 10.2 Å². The third-order valence-electron chi connectivity index (χ3n) is 2.39. The van der Waals surface area contributed by atoms with E-state index >= 15 is 0 Å². The monoisotopic (exact) mass is 257 g/mol. The summed E-state index contributed by atoms with van der Waals surface area (Å²) in [6, 6.07) is 13.0. The van der Waals surface area contributed by atoms with Crippen molar-refractivity contribution in [1.82, 2.24) is 0 Å². The molecule has 0 fully saturated rings. The summed E-state index contributed by atoms with van der Waals surface area (Å²) in [7, 11) is 1.58. The summed E-state index contributed by atoms with van der Waals surface area (Å²) in [5.74, 6) is 0.731. The van der Waals surface area contributed by atoms with E-state index in [0.29, 0.717) is 11.4 Å². The van der Waals surface area contributed by atoms with Crippen LogP contribution in [-0.2, 0) is 0 Å². The molecule has 0 aliphatic heterocycles. The van der Waals surface area contributed by atoms with Crippen molar-refractivity contribution in [1.29, 1.82) is 0 Å². The standard InChI is InChI=1S/C13H11N3O3/c1-19-13-7-5-10(6-8-13)14-15-11-3-2-4-12(9-11)16(17)18/h2-9H,1H3. The van der Waals surface area contributed by atoms with Crippen LogP contribution in [0.5, 0.6) is 5.75 Å². The number of nitrogens with zero attached hydrogens (tertiary/aromatic N) is 3. The van der Waals surface area contributed by atoms with Gasteiger partial charge in [0.05, 0.1) is 23.4 Å². The van der Waals surface area contributed by atoms with Crippen LogP contribution >= 0.6 is 0 Å². The van der Waals surface area contributed by atoms with Crippen LogP contribution in [0.25, 0.3) is 0 Å². The minimum Gasteiger partial charge on any atom is -0.497 e. The molecule has 6 heteroatoms. The Morgan fingerprint density at radius 1 is 1.05 bits per heavy atom. The molecule has 6 nitrogen and oxygen atoms in total. The van der Waals surface area contributed by atoms with E-state index in [0.717, 1.165) is 5.75 Å². The van der Waals surface area contributed by atoms with Gasteiger partial charge < -0.3 is 4.74 Å². The highest BCUT2D eigenvalue weighted by Gasteiger charge is 2.04. The quantitative estimate of drug-likeness (QED) is 0.471. The maximum atomic E-state index is 10.6. The number of ether oxygens (including phenoxy) is 1. The second kappa shape index (κ2) is 5.72. The normalized spacial score (nSPS) is 10.6. The first-order valence-electron chi connectivity index (χ1n) is 5.49. The lowest BCUT2D eigenvalue weighted by molar-refractivity contribution is -0.384. The Morgan fingerprint density at radius 2 is 1.74 bits per heavy atom. The largest absolute Gasteiger partial charge is 0.497 e. The molecular formula is C13H11N3O3. The van der Waals surface area contributed by atoms with Crippen LogP contribution in [0.1, 0.15) is 0 Å². The number of non-ortho nitro benzene ring substituents is 1. The molecule has 0 atom stereocenters. The molecule has 2 aromatic carbocycles. The van der Waals surface area contributed by atoms with Crippen LogP contribution in [0.2, 0.25) is 0 Å². The Kier molecular flexibility index (Phi) is 3.82. The lowest BCUT2D eigenvalue weighted by atomic mass is 10.3. The van der Waals surface area contributed by atoms with Gasteiger partial charge in [-0.25, -0.2) is 0 Å². The highest BCUT2D eigenvalue weighted by atomic mass is 16.6. The molecule has 0 heterocycles. The molecule has 0 spiro atoms. The predicted molar refractivity (Wildman–Crippen MR) is 70.3 cm³/mol. The number of hydrogen-bond acceptors (Lipinski definition) is 5. The lowest BCUT2D eigenvalue weighted by Gasteiger charge is -1.98. The minimum atomic E-state index is -0.466. The van der Waals surface area contributed by atoms with Crippen LogP contribution in [0, 0.1) is 10.1 Å². The Hall–Kier alpha value is -2.76. The molecule has 2 rings (SSSR count). The molecule has 2 aromatic rings. The maximum Gasteiger partial charge on any atom is 0.271 e. The Labute approximate surface area is 109 Å². The number of methoxy groups -OCH3 is 1. The van der Waals surface area contributed by atoms with Gasteiger partial charge in [0, 0.05) is 12.1 Å². The van der Waals surface area contributed by atoms with Gasteiger partial charge in [0.15, 0.2) is 0 Å². The molecule has 0 unspecified atom stereocenters. The second-order valence-corrected chi connectivity index (χ2v) is 3.67. The van der Waals surface area contributed by atoms with E-state index in [-0.39, 0.29) is 5.69 Å². The second-order valence-electron chi connectivity index (χ2n) is 3.67. The molecule has 0 aliphatic carbocycles. The zero-order valence-corrected chi connectivity index (χ0v) is 10.2. The first-order chi connectivity index (χ1) is 9.19. The van der Waals surface area contributed by atoms with E-state index in [1.165, 1.54) is 12.1 Å². The smallest absolute Gasteiger partial charge is 0.271 e. The molecule has 0 aliphatic rings. The number of nitro benzene ring substituents is 1. The lowest BCUT2D eigenvalue weighted by Crippen LogP contribution is -1.85. The van der Waals surface area contributed by atoms with Gasteiger partial charge in [-0.15, -0.1) is 0 Å². The molecule has 0 aromatic heterocycles. The van der Waals surface area contributed by atoms with Gasteiger partial charge in [-0.2, -0.15) is 10.2 Å². The molecule has 0 amide bonds. The molecule has 0 radical (unpaired) electrons. The minimum absolute atomic E-state index is 0.00817. The van der Waals surface area contributed by atoms with Gasteiger partial charge in [-0.05, 0) is 30.3 Å². The van der Waals surface area contributed by atoms with Crippen molar-refractivity contribution in [3.05, 3.63) is 58.6 Å². The van der Waals surface area contributed by atoms with Gasteiger partial charge in [-0.3, -0.25) is 10.1 Å². The summed E-state index contributed by atoms with van der Waals surface area (Å²) in [5.41, 5.74) is 1.07. The van der Waals surface area contributed by atoms with Crippen molar-refractivity contribution < 1.29 is 9.66 Å². The summed E-state index contributed by atoms with van der Waals surface area (Å²) < 4.78 is 5.03. The highest BCUT2D eigenvalue weighted by Crippen LogP contribution is 2.23. The van der Waals surface area contributed by atoms with Gasteiger partial charge in [0.2, 0.25) is 0 Å². The molecule has 0 N–H and O–H groups in total. The third-order valence-corrected chi connectivity index (χ3v) is 2.39. The van der Waals surface area contributed by atoms with Crippen LogP contribution in [0.15, 0.2) is 58.8 Å². The van der Waals surface area contributed by atoms with E-state index in [1.807, 2.05) is 0 Å². The fourth-order valence-corrected chi connectivity index (χ4v) is 1.43. The molecule has 0 bridgehead atoms. The van der Waals surface area contributed by atoms with E-state index < -0.39 is 4.92 Å². The maximum absolute atomic E-state index is 10.6. The first-order valence-corrected chi connectivity index (χ1v) is 5.49. The number of azo groups is 1. The average molecular weight is 257 g/mol. The summed E-state index contributed by atoms with van der Waals surface area (Å²) in [6.45, 7) is 0. The van der Waals surface area contributed by atoms with Crippen molar-refractivity contribution in [3.8, 4) is 5.75 Å². The molecular weight excluding hydrogens is 246 g/mol. The van der Waals surface area contributed by atoms with Gasteiger partial charge in [0.1, 0.15) is 5.75 Å². The number of nitro groups is 1. The van der Waals surface area contributed by atoms with E-state index in [4.69, 9.17) is 4.74 Å². The first kappa shape index (κ1) is 12.7. The fourth-order valence-electron chi connectivity index (χ4n) is 1.43. The molecule has 19 heavy (non-hydrogen) atoms. The van der Waals surface area contributed by atoms with E-state index in [9.17, 15) is 10.1 Å². The summed E-state index contributed by atoms with van der Waals surface area (Å²) in [6.07, 6.45) is 0. The van der Waals surface area contributed by atoms with Crippen LogP contribution in [0.3, 0.4) is 0 Å². The molecule has 96 valence electrons. The van der Waals surface area contributed by atoms with Gasteiger partial charge in [0.25, 0.3) is 5.69 Å². The van der Waals surface area contributed by atoms with Crippen molar-refractivity contribution >= 4 is 17.1 Å². The number of benzene rings is 2. The van der Waals surface area contributed by atoms with Crippen LogP contribution in [0.4, 0.5) is 17.1 Å². The molecule has 0 saturated heterocycles. The average Bonchev–Trinajstić information content (AvgIpc) is 2.46. The van der Waals surface area contributed by atoms with Crippen molar-refractivity contribution in [2.45, 2.75) is 0 Å². The van der Waals surface area contributed by atoms with Gasteiger partial charge in [-0.1, -0.05) is 6.07 Å². The topological polar surface area (TPSA) is 77.1 Å². The number of rotatable bonds is 4.